The van der Waals surface area contributed by atoms with E-state index in [1.807, 2.05) is 0 Å². The molecule has 2 aliphatic carbocycles. The third-order valence-corrected chi connectivity index (χ3v) is 5.23. The maximum Gasteiger partial charge on any atom is 0.255 e. The first-order chi connectivity index (χ1) is 10.6. The molecule has 2 bridgehead atoms. The van der Waals surface area contributed by atoms with E-state index in [1.54, 1.807) is 13.0 Å². The summed E-state index contributed by atoms with van der Waals surface area (Å²) in [6.07, 6.45) is 8.08. The monoisotopic (exact) mass is 304 g/mol. The van der Waals surface area contributed by atoms with Crippen molar-refractivity contribution in [3.63, 3.8) is 0 Å². The van der Waals surface area contributed by atoms with Gasteiger partial charge in [-0.15, -0.1) is 0 Å². The summed E-state index contributed by atoms with van der Waals surface area (Å²) in [5, 5.41) is 5.53. The van der Waals surface area contributed by atoms with Crippen LogP contribution >= 0.6 is 0 Å². The van der Waals surface area contributed by atoms with Crippen LogP contribution in [0.4, 0.5) is 0 Å². The van der Waals surface area contributed by atoms with Crippen LogP contribution < -0.4 is 10.6 Å². The lowest BCUT2D eigenvalue weighted by molar-refractivity contribution is -0.120. The number of carbonyl (C=O) groups is 2. The van der Waals surface area contributed by atoms with Crippen LogP contribution in [-0.4, -0.2) is 24.9 Å². The molecule has 0 aliphatic heterocycles. The maximum absolute atomic E-state index is 11.8. The molecule has 2 N–H and O–H groups in total. The highest BCUT2D eigenvalue weighted by Gasteiger charge is 2.38. The van der Waals surface area contributed by atoms with Crippen LogP contribution in [0.15, 0.2) is 16.7 Å². The number of rotatable bonds is 6. The molecule has 1 aromatic rings. The zero-order valence-corrected chi connectivity index (χ0v) is 13.1. The predicted molar refractivity (Wildman–Crippen MR) is 82.3 cm³/mol. The Hall–Kier alpha value is -1.78. The number of amides is 2. The smallest absolute Gasteiger partial charge is 0.255 e. The van der Waals surface area contributed by atoms with Gasteiger partial charge in [-0.2, -0.15) is 0 Å². The lowest BCUT2D eigenvalue weighted by Gasteiger charge is -2.21. The first kappa shape index (κ1) is 15.1. The van der Waals surface area contributed by atoms with Crippen LogP contribution in [0.1, 0.15) is 48.2 Å². The molecule has 0 aromatic carbocycles. The van der Waals surface area contributed by atoms with Gasteiger partial charge in [-0.3, -0.25) is 9.59 Å². The average Bonchev–Trinajstić information content (AvgIpc) is 3.21. The molecule has 2 saturated carbocycles. The molecule has 22 heavy (non-hydrogen) atoms. The number of nitrogens with one attached hydrogen (secondary N) is 2. The van der Waals surface area contributed by atoms with Gasteiger partial charge in [0.15, 0.2) is 0 Å². The lowest BCUT2D eigenvalue weighted by atomic mass is 9.86. The van der Waals surface area contributed by atoms with Crippen molar-refractivity contribution in [1.82, 2.24) is 10.6 Å². The minimum absolute atomic E-state index is 0.0141. The van der Waals surface area contributed by atoms with Crippen molar-refractivity contribution in [2.75, 3.05) is 13.1 Å². The van der Waals surface area contributed by atoms with Gasteiger partial charge in [0.05, 0.1) is 18.4 Å². The first-order valence-corrected chi connectivity index (χ1v) is 8.22. The van der Waals surface area contributed by atoms with E-state index in [1.165, 1.54) is 31.9 Å². The molecule has 3 atom stereocenters. The molecule has 2 fully saturated rings. The highest BCUT2D eigenvalue weighted by Crippen LogP contribution is 2.49. The largest absolute Gasteiger partial charge is 0.469 e. The van der Waals surface area contributed by atoms with E-state index >= 15 is 0 Å². The number of fused-ring (bicyclic) bond motifs is 2. The van der Waals surface area contributed by atoms with Gasteiger partial charge in [0.2, 0.25) is 5.91 Å². The number of hydrogen-bond donors (Lipinski definition) is 2. The van der Waals surface area contributed by atoms with E-state index in [-0.39, 0.29) is 18.4 Å². The molecule has 120 valence electrons. The third-order valence-electron chi connectivity index (χ3n) is 5.23. The van der Waals surface area contributed by atoms with E-state index in [9.17, 15) is 9.59 Å². The van der Waals surface area contributed by atoms with Crippen LogP contribution in [0.3, 0.4) is 0 Å². The fourth-order valence-electron chi connectivity index (χ4n) is 4.07. The maximum atomic E-state index is 11.8. The molecule has 0 spiro atoms. The number of aryl methyl sites for hydroxylation is 1. The van der Waals surface area contributed by atoms with Crippen molar-refractivity contribution in [1.29, 1.82) is 0 Å². The molecule has 1 heterocycles. The summed E-state index contributed by atoms with van der Waals surface area (Å²) in [7, 11) is 0. The summed E-state index contributed by atoms with van der Waals surface area (Å²) in [5.41, 5.74) is 0.481. The van der Waals surface area contributed by atoms with Gasteiger partial charge in [-0.1, -0.05) is 6.42 Å². The van der Waals surface area contributed by atoms with Gasteiger partial charge in [-0.25, -0.2) is 0 Å². The van der Waals surface area contributed by atoms with Crippen LogP contribution in [-0.2, 0) is 4.79 Å². The molecule has 0 radical (unpaired) electrons. The first-order valence-electron chi connectivity index (χ1n) is 8.22. The molecule has 2 amide bonds. The zero-order valence-electron chi connectivity index (χ0n) is 13.1. The van der Waals surface area contributed by atoms with Crippen molar-refractivity contribution in [3.05, 3.63) is 23.7 Å². The number of hydrogen-bond acceptors (Lipinski definition) is 3. The van der Waals surface area contributed by atoms with Gasteiger partial charge >= 0.3 is 0 Å². The Bertz CT molecular complexity index is 552. The lowest BCUT2D eigenvalue weighted by Crippen LogP contribution is -2.37. The van der Waals surface area contributed by atoms with Crippen LogP contribution in [0.25, 0.3) is 0 Å². The van der Waals surface area contributed by atoms with Gasteiger partial charge < -0.3 is 15.1 Å². The Morgan fingerprint density at radius 1 is 1.27 bits per heavy atom. The molecule has 0 unspecified atom stereocenters. The molecule has 0 saturated heterocycles. The standard InChI is InChI=1S/C17H24N2O3/c1-11-15(5-7-22-11)17(21)19-10-16(20)18-6-4-14-9-12-2-3-13(14)8-12/h5,7,12-14H,2-4,6,8-10H2,1H3,(H,18,20)(H,19,21)/t12-,13-,14+/m0/s1. The van der Waals surface area contributed by atoms with E-state index < -0.39 is 0 Å². The minimum atomic E-state index is -0.269. The van der Waals surface area contributed by atoms with E-state index in [0.717, 1.165) is 24.2 Å². The quantitative estimate of drug-likeness (QED) is 0.847. The fourth-order valence-corrected chi connectivity index (χ4v) is 4.07. The van der Waals surface area contributed by atoms with E-state index in [0.29, 0.717) is 17.9 Å². The highest BCUT2D eigenvalue weighted by atomic mass is 16.3. The Balaban J connectivity index is 1.33. The van der Waals surface area contributed by atoms with Crippen molar-refractivity contribution in [2.45, 2.75) is 39.0 Å². The second-order valence-electron chi connectivity index (χ2n) is 6.65. The minimum Gasteiger partial charge on any atom is -0.469 e. The van der Waals surface area contributed by atoms with Crippen LogP contribution in [0, 0.1) is 24.7 Å². The van der Waals surface area contributed by atoms with E-state index in [2.05, 4.69) is 10.6 Å². The normalized spacial score (nSPS) is 26.1. The molecule has 2 aliphatic rings. The molecule has 5 heteroatoms. The highest BCUT2D eigenvalue weighted by molar-refractivity contribution is 5.97. The van der Waals surface area contributed by atoms with Crippen LogP contribution in [0.2, 0.25) is 0 Å². The fraction of sp³-hybridized carbons (Fsp3) is 0.647. The van der Waals surface area contributed by atoms with Crippen molar-refractivity contribution in [3.8, 4) is 0 Å². The molecule has 1 aromatic heterocycles. The topological polar surface area (TPSA) is 71.3 Å². The second-order valence-corrected chi connectivity index (χ2v) is 6.65. The van der Waals surface area contributed by atoms with Crippen molar-refractivity contribution >= 4 is 11.8 Å². The van der Waals surface area contributed by atoms with Gasteiger partial charge in [0.25, 0.3) is 5.91 Å². The molecule has 5 nitrogen and oxygen atoms in total. The Morgan fingerprint density at radius 2 is 2.14 bits per heavy atom. The SMILES string of the molecule is Cc1occc1C(=O)NCC(=O)NCC[C@@H]1C[C@H]2CC[C@H]1C2. The van der Waals surface area contributed by atoms with Gasteiger partial charge in [0.1, 0.15) is 5.76 Å². The summed E-state index contributed by atoms with van der Waals surface area (Å²) in [6.45, 7) is 2.46. The predicted octanol–water partition coefficient (Wildman–Crippen LogP) is 2.26. The number of carbonyl (C=O) groups excluding carboxylic acids is 2. The zero-order chi connectivity index (χ0) is 15.5. The molecular formula is C17H24N2O3. The average molecular weight is 304 g/mol. The second kappa shape index (κ2) is 6.55. The third kappa shape index (κ3) is 3.34. The molecular weight excluding hydrogens is 280 g/mol. The van der Waals surface area contributed by atoms with E-state index in [4.69, 9.17) is 4.42 Å². The van der Waals surface area contributed by atoms with Crippen molar-refractivity contribution in [2.24, 2.45) is 17.8 Å². The van der Waals surface area contributed by atoms with Crippen LogP contribution in [0.5, 0.6) is 0 Å². The molecule has 3 rings (SSSR count). The summed E-state index contributed by atoms with van der Waals surface area (Å²) in [4.78, 5) is 23.6. The summed E-state index contributed by atoms with van der Waals surface area (Å²) in [5.74, 6) is 2.80. The summed E-state index contributed by atoms with van der Waals surface area (Å²) < 4.78 is 5.08. The summed E-state index contributed by atoms with van der Waals surface area (Å²) >= 11 is 0. The number of furan rings is 1. The van der Waals surface area contributed by atoms with Gasteiger partial charge in [-0.05, 0) is 56.4 Å². The summed E-state index contributed by atoms with van der Waals surface area (Å²) in [6, 6.07) is 1.61. The van der Waals surface area contributed by atoms with Crippen molar-refractivity contribution < 1.29 is 14.0 Å². The Morgan fingerprint density at radius 3 is 2.77 bits per heavy atom. The Kier molecular flexibility index (Phi) is 4.50. The van der Waals surface area contributed by atoms with Gasteiger partial charge in [0, 0.05) is 6.54 Å². The Labute approximate surface area is 130 Å².